The second kappa shape index (κ2) is 4.39. The van der Waals surface area contributed by atoms with E-state index in [-0.39, 0.29) is 18.9 Å². The van der Waals surface area contributed by atoms with Gasteiger partial charge >= 0.3 is 5.97 Å². The summed E-state index contributed by atoms with van der Waals surface area (Å²) in [5, 5.41) is 9.54. The minimum absolute atomic E-state index is 0.0823. The number of rotatable bonds is 4. The summed E-state index contributed by atoms with van der Waals surface area (Å²) in [7, 11) is 0. The van der Waals surface area contributed by atoms with Crippen LogP contribution in [0.3, 0.4) is 0 Å². The van der Waals surface area contributed by atoms with Crippen molar-refractivity contribution in [2.75, 3.05) is 6.54 Å². The molecule has 0 amide bonds. The van der Waals surface area contributed by atoms with Crippen LogP contribution in [-0.4, -0.2) is 28.0 Å². The zero-order valence-corrected chi connectivity index (χ0v) is 9.09. The van der Waals surface area contributed by atoms with Crippen molar-refractivity contribution in [1.29, 1.82) is 0 Å². The highest BCUT2D eigenvalue weighted by Crippen LogP contribution is 2.21. The van der Waals surface area contributed by atoms with Gasteiger partial charge in [-0.3, -0.25) is 9.59 Å². The highest BCUT2D eigenvalue weighted by molar-refractivity contribution is 6.09. The number of ketones is 1. The second-order valence-corrected chi connectivity index (χ2v) is 3.71. The predicted octanol–water partition coefficient (Wildman–Crippen LogP) is 0.867. The van der Waals surface area contributed by atoms with Crippen LogP contribution in [0.4, 0.5) is 0 Å². The number of carbonyl (C=O) groups is 2. The molecule has 3 N–H and O–H groups in total. The molecule has 0 fully saturated rings. The number of Topliss-reactive ketones (excluding diaryl/α,β-unsaturated/α-hetero) is 1. The molecule has 0 aliphatic heterocycles. The molecule has 5 nitrogen and oxygen atoms in total. The van der Waals surface area contributed by atoms with E-state index in [2.05, 4.69) is 0 Å². The van der Waals surface area contributed by atoms with Gasteiger partial charge < -0.3 is 15.4 Å². The van der Waals surface area contributed by atoms with Crippen molar-refractivity contribution in [3.05, 3.63) is 36.0 Å². The molecular weight excluding hydrogens is 220 g/mol. The molecule has 0 unspecified atom stereocenters. The molecule has 0 aliphatic carbocycles. The highest BCUT2D eigenvalue weighted by Gasteiger charge is 2.14. The van der Waals surface area contributed by atoms with Crippen molar-refractivity contribution < 1.29 is 14.7 Å². The van der Waals surface area contributed by atoms with Gasteiger partial charge in [0, 0.05) is 22.7 Å². The van der Waals surface area contributed by atoms with E-state index in [1.165, 1.54) is 0 Å². The average Bonchev–Trinajstić information content (AvgIpc) is 2.67. The number of benzene rings is 1. The summed E-state index contributed by atoms with van der Waals surface area (Å²) in [6.07, 6.45) is 1.55. The zero-order chi connectivity index (χ0) is 12.4. The van der Waals surface area contributed by atoms with Crippen LogP contribution in [0.2, 0.25) is 0 Å². The lowest BCUT2D eigenvalue weighted by molar-refractivity contribution is -0.137. The van der Waals surface area contributed by atoms with E-state index in [1.807, 2.05) is 0 Å². The number of carboxylic acid groups (broad SMARTS) is 1. The Morgan fingerprint density at radius 3 is 2.65 bits per heavy atom. The molecule has 2 aromatic rings. The monoisotopic (exact) mass is 232 g/mol. The number of hydrogen-bond acceptors (Lipinski definition) is 3. The predicted molar refractivity (Wildman–Crippen MR) is 63.0 cm³/mol. The van der Waals surface area contributed by atoms with E-state index in [0.29, 0.717) is 5.56 Å². The minimum atomic E-state index is -0.947. The van der Waals surface area contributed by atoms with Crippen molar-refractivity contribution in [3.8, 4) is 0 Å². The molecule has 0 saturated heterocycles. The quantitative estimate of drug-likeness (QED) is 0.766. The smallest absolute Gasteiger partial charge is 0.323 e. The van der Waals surface area contributed by atoms with Gasteiger partial charge in [0.15, 0.2) is 5.78 Å². The second-order valence-electron chi connectivity index (χ2n) is 3.71. The standard InChI is InChI=1S/C12H12N2O3/c13-5-11(15)9-6-14(7-12(16)17)10-4-2-1-3-8(9)10/h1-4,6H,5,7,13H2,(H,16,17). The van der Waals surface area contributed by atoms with Gasteiger partial charge in [0.05, 0.1) is 6.54 Å². The summed E-state index contributed by atoms with van der Waals surface area (Å²) >= 11 is 0. The summed E-state index contributed by atoms with van der Waals surface area (Å²) in [5.41, 5.74) is 6.54. The van der Waals surface area contributed by atoms with Gasteiger partial charge in [0.2, 0.25) is 0 Å². The Morgan fingerprint density at radius 1 is 1.29 bits per heavy atom. The zero-order valence-electron chi connectivity index (χ0n) is 9.09. The van der Waals surface area contributed by atoms with Crippen molar-refractivity contribution in [3.63, 3.8) is 0 Å². The summed E-state index contributed by atoms with van der Waals surface area (Å²) in [5.74, 6) is -1.14. The molecule has 88 valence electrons. The van der Waals surface area contributed by atoms with Crippen LogP contribution < -0.4 is 5.73 Å². The maximum absolute atomic E-state index is 11.6. The first-order valence-corrected chi connectivity index (χ1v) is 5.16. The highest BCUT2D eigenvalue weighted by atomic mass is 16.4. The lowest BCUT2D eigenvalue weighted by atomic mass is 10.1. The Bertz CT molecular complexity index is 586. The molecule has 2 rings (SSSR count). The van der Waals surface area contributed by atoms with Crippen LogP contribution in [0, 0.1) is 0 Å². The Kier molecular flexibility index (Phi) is 2.93. The van der Waals surface area contributed by atoms with Gasteiger partial charge in [0.25, 0.3) is 0 Å². The van der Waals surface area contributed by atoms with E-state index in [0.717, 1.165) is 10.9 Å². The Labute approximate surface area is 97.4 Å². The number of fused-ring (bicyclic) bond motifs is 1. The Hall–Kier alpha value is -2.14. The summed E-state index contributed by atoms with van der Waals surface area (Å²) in [6.45, 7) is -0.251. The minimum Gasteiger partial charge on any atom is -0.480 e. The fourth-order valence-corrected chi connectivity index (χ4v) is 1.86. The van der Waals surface area contributed by atoms with Gasteiger partial charge in [-0.15, -0.1) is 0 Å². The maximum atomic E-state index is 11.6. The summed E-state index contributed by atoms with van der Waals surface area (Å²) in [6, 6.07) is 7.18. The molecule has 0 radical (unpaired) electrons. The lowest BCUT2D eigenvalue weighted by Gasteiger charge is -1.99. The molecule has 0 saturated carbocycles. The molecule has 0 aliphatic rings. The fraction of sp³-hybridized carbons (Fsp3) is 0.167. The molecule has 0 bridgehead atoms. The van der Waals surface area contributed by atoms with Crippen LogP contribution >= 0.6 is 0 Å². The van der Waals surface area contributed by atoms with E-state index in [9.17, 15) is 9.59 Å². The van der Waals surface area contributed by atoms with Gasteiger partial charge in [-0.05, 0) is 6.07 Å². The Balaban J connectivity index is 2.62. The first-order chi connectivity index (χ1) is 8.13. The number of nitrogens with two attached hydrogens (primary N) is 1. The summed E-state index contributed by atoms with van der Waals surface area (Å²) in [4.78, 5) is 22.4. The third kappa shape index (κ3) is 2.05. The largest absolute Gasteiger partial charge is 0.480 e. The van der Waals surface area contributed by atoms with E-state index >= 15 is 0 Å². The number of nitrogens with zero attached hydrogens (tertiary/aromatic N) is 1. The first kappa shape index (κ1) is 11.3. The molecule has 1 aromatic carbocycles. The van der Waals surface area contributed by atoms with Gasteiger partial charge in [-0.1, -0.05) is 18.2 Å². The molecule has 17 heavy (non-hydrogen) atoms. The average molecular weight is 232 g/mol. The molecule has 0 atom stereocenters. The van der Waals surface area contributed by atoms with Crippen molar-refractivity contribution in [1.82, 2.24) is 4.57 Å². The van der Waals surface area contributed by atoms with Crippen LogP contribution in [0.5, 0.6) is 0 Å². The molecule has 5 heteroatoms. The number of carbonyl (C=O) groups excluding carboxylic acids is 1. The number of para-hydroxylation sites is 1. The number of hydrogen-bond donors (Lipinski definition) is 2. The van der Waals surface area contributed by atoms with Crippen molar-refractivity contribution >= 4 is 22.7 Å². The van der Waals surface area contributed by atoms with Gasteiger partial charge in [0.1, 0.15) is 6.54 Å². The van der Waals surface area contributed by atoms with Crippen LogP contribution in [0.25, 0.3) is 10.9 Å². The SMILES string of the molecule is NCC(=O)c1cn(CC(=O)O)c2ccccc12. The van der Waals surface area contributed by atoms with Crippen molar-refractivity contribution in [2.45, 2.75) is 6.54 Å². The van der Waals surface area contributed by atoms with Crippen LogP contribution in [0.1, 0.15) is 10.4 Å². The third-order valence-corrected chi connectivity index (χ3v) is 2.58. The van der Waals surface area contributed by atoms with E-state index in [1.54, 1.807) is 35.0 Å². The third-order valence-electron chi connectivity index (χ3n) is 2.58. The lowest BCUT2D eigenvalue weighted by Crippen LogP contribution is -2.13. The maximum Gasteiger partial charge on any atom is 0.323 e. The normalized spacial score (nSPS) is 10.6. The topological polar surface area (TPSA) is 85.3 Å². The molecular formula is C12H12N2O3. The molecule has 1 aromatic heterocycles. The van der Waals surface area contributed by atoms with E-state index in [4.69, 9.17) is 10.8 Å². The van der Waals surface area contributed by atoms with Crippen LogP contribution in [-0.2, 0) is 11.3 Å². The number of aliphatic carboxylic acids is 1. The molecule has 0 spiro atoms. The number of carboxylic acids is 1. The first-order valence-electron chi connectivity index (χ1n) is 5.16. The molecule has 1 heterocycles. The number of aromatic nitrogens is 1. The Morgan fingerprint density at radius 2 is 2.00 bits per heavy atom. The van der Waals surface area contributed by atoms with Crippen LogP contribution in [0.15, 0.2) is 30.5 Å². The van der Waals surface area contributed by atoms with E-state index < -0.39 is 5.97 Å². The fourth-order valence-electron chi connectivity index (χ4n) is 1.86. The van der Waals surface area contributed by atoms with Gasteiger partial charge in [-0.25, -0.2) is 0 Å². The van der Waals surface area contributed by atoms with Crippen molar-refractivity contribution in [2.24, 2.45) is 5.73 Å². The summed E-state index contributed by atoms with van der Waals surface area (Å²) < 4.78 is 1.54. The van der Waals surface area contributed by atoms with Gasteiger partial charge in [-0.2, -0.15) is 0 Å².